The number of piperidine rings is 1. The molecule has 2 aliphatic rings. The lowest BCUT2D eigenvalue weighted by Crippen LogP contribution is -2.53. The number of fused-ring (bicyclic) bond motifs is 1. The Balaban J connectivity index is 1.81. The molecule has 1 aliphatic carbocycles. The summed E-state index contributed by atoms with van der Waals surface area (Å²) in [4.78, 5) is 0.0698. The van der Waals surface area contributed by atoms with Crippen LogP contribution >= 0.6 is 11.6 Å². The van der Waals surface area contributed by atoms with Crippen molar-refractivity contribution in [3.05, 3.63) is 66.2 Å². The maximum atomic E-state index is 13.4. The number of hydrogen-bond acceptors (Lipinski definition) is 2. The van der Waals surface area contributed by atoms with Crippen LogP contribution in [0.5, 0.6) is 0 Å². The van der Waals surface area contributed by atoms with Gasteiger partial charge in [-0.15, -0.1) is 11.6 Å². The van der Waals surface area contributed by atoms with Crippen molar-refractivity contribution in [2.75, 3.05) is 6.54 Å². The number of alkyl halides is 1. The second-order valence-electron chi connectivity index (χ2n) is 7.42. The smallest absolute Gasteiger partial charge is 0.207 e. The Morgan fingerprint density at radius 3 is 2.27 bits per heavy atom. The van der Waals surface area contributed by atoms with Crippen LogP contribution in [0.15, 0.2) is 65.6 Å². The topological polar surface area (TPSA) is 37.4 Å². The van der Waals surface area contributed by atoms with Crippen molar-refractivity contribution in [1.82, 2.24) is 4.31 Å². The first kappa shape index (κ1) is 18.0. The van der Waals surface area contributed by atoms with Gasteiger partial charge in [0.25, 0.3) is 0 Å². The molecular weight excluding hydrogens is 366 g/mol. The van der Waals surface area contributed by atoms with Crippen LogP contribution in [0, 0.1) is 5.92 Å². The molecule has 0 N–H and O–H groups in total. The SMILES string of the molecule is O=S(=O)(c1ccccc1)N1CC[C@]2(Cl)CCCC[C@H]2[C@@H]1c1ccccc1. The molecule has 0 radical (unpaired) electrons. The van der Waals surface area contributed by atoms with Crippen LogP contribution in [0.3, 0.4) is 0 Å². The van der Waals surface area contributed by atoms with Crippen LogP contribution in [0.25, 0.3) is 0 Å². The fourth-order valence-corrected chi connectivity index (χ4v) is 6.78. The number of sulfonamides is 1. The van der Waals surface area contributed by atoms with Gasteiger partial charge in [0, 0.05) is 6.54 Å². The largest absolute Gasteiger partial charge is 0.243 e. The van der Waals surface area contributed by atoms with E-state index in [9.17, 15) is 8.42 Å². The van der Waals surface area contributed by atoms with Crippen molar-refractivity contribution >= 4 is 21.6 Å². The summed E-state index contributed by atoms with van der Waals surface area (Å²) >= 11 is 7.06. The molecule has 4 rings (SSSR count). The number of benzene rings is 2. The fraction of sp³-hybridized carbons (Fsp3) is 0.429. The lowest BCUT2D eigenvalue weighted by molar-refractivity contribution is 0.0933. The summed E-state index contributed by atoms with van der Waals surface area (Å²) < 4.78 is 28.6. The van der Waals surface area contributed by atoms with Gasteiger partial charge in [0.1, 0.15) is 0 Å². The Hall–Kier alpha value is -1.36. The maximum absolute atomic E-state index is 13.4. The van der Waals surface area contributed by atoms with E-state index in [2.05, 4.69) is 0 Å². The molecule has 0 spiro atoms. The third-order valence-electron chi connectivity index (χ3n) is 5.95. The van der Waals surface area contributed by atoms with Crippen LogP contribution in [0.1, 0.15) is 43.7 Å². The molecule has 0 aromatic heterocycles. The highest BCUT2D eigenvalue weighted by atomic mass is 35.5. The molecule has 1 heterocycles. The highest BCUT2D eigenvalue weighted by Crippen LogP contribution is 2.53. The second kappa shape index (κ2) is 6.99. The molecule has 1 aliphatic heterocycles. The van der Waals surface area contributed by atoms with Gasteiger partial charge in [-0.25, -0.2) is 8.42 Å². The zero-order valence-electron chi connectivity index (χ0n) is 14.7. The van der Waals surface area contributed by atoms with Crippen molar-refractivity contribution < 1.29 is 8.42 Å². The van der Waals surface area contributed by atoms with E-state index in [1.165, 1.54) is 0 Å². The monoisotopic (exact) mass is 389 g/mol. The van der Waals surface area contributed by atoms with E-state index in [4.69, 9.17) is 11.6 Å². The summed E-state index contributed by atoms with van der Waals surface area (Å²) in [6.45, 7) is 0.469. The van der Waals surface area contributed by atoms with Crippen molar-refractivity contribution in [3.8, 4) is 0 Å². The Labute approximate surface area is 161 Å². The van der Waals surface area contributed by atoms with Gasteiger partial charge in [-0.05, 0) is 42.9 Å². The predicted octanol–water partition coefficient (Wildman–Crippen LogP) is 4.99. The van der Waals surface area contributed by atoms with Gasteiger partial charge in [-0.3, -0.25) is 0 Å². The second-order valence-corrected chi connectivity index (χ2v) is 10.1. The van der Waals surface area contributed by atoms with Gasteiger partial charge in [-0.1, -0.05) is 61.4 Å². The molecule has 3 atom stereocenters. The molecule has 2 aromatic rings. The van der Waals surface area contributed by atoms with Gasteiger partial charge in [0.2, 0.25) is 10.0 Å². The van der Waals surface area contributed by atoms with Crippen molar-refractivity contribution in [3.63, 3.8) is 0 Å². The maximum Gasteiger partial charge on any atom is 0.243 e. The third-order valence-corrected chi connectivity index (χ3v) is 8.51. The van der Waals surface area contributed by atoms with E-state index in [1.54, 1.807) is 28.6 Å². The third kappa shape index (κ3) is 3.08. The number of hydrogen-bond donors (Lipinski definition) is 0. The van der Waals surface area contributed by atoms with Gasteiger partial charge < -0.3 is 0 Å². The molecule has 26 heavy (non-hydrogen) atoms. The summed E-state index contributed by atoms with van der Waals surface area (Å²) in [5.74, 6) is 0.146. The minimum absolute atomic E-state index is 0.146. The van der Waals surface area contributed by atoms with Gasteiger partial charge in [-0.2, -0.15) is 4.31 Å². The van der Waals surface area contributed by atoms with Gasteiger partial charge in [0.05, 0.1) is 15.8 Å². The first-order valence-electron chi connectivity index (χ1n) is 9.33. The summed E-state index contributed by atoms with van der Waals surface area (Å²) in [6.07, 6.45) is 4.91. The standard InChI is InChI=1S/C21H24ClNO2S/c22-21-14-8-7-13-19(21)20(17-9-3-1-4-10-17)23(16-15-21)26(24,25)18-11-5-2-6-12-18/h1-6,9-12,19-20H,7-8,13-16H2/t19-,20-,21+/m0/s1. The van der Waals surface area contributed by atoms with E-state index in [0.29, 0.717) is 17.9 Å². The molecule has 2 fully saturated rings. The Morgan fingerprint density at radius 2 is 1.58 bits per heavy atom. The van der Waals surface area contributed by atoms with Gasteiger partial charge in [0.15, 0.2) is 0 Å². The summed E-state index contributed by atoms with van der Waals surface area (Å²) in [5, 5.41) is 0. The van der Waals surface area contributed by atoms with Crippen molar-refractivity contribution in [2.45, 2.75) is 47.9 Å². The fourth-order valence-electron chi connectivity index (χ4n) is 4.66. The molecule has 2 aromatic carbocycles. The van der Waals surface area contributed by atoms with Crippen LogP contribution in [-0.2, 0) is 10.0 Å². The van der Waals surface area contributed by atoms with Gasteiger partial charge >= 0.3 is 0 Å². The zero-order valence-corrected chi connectivity index (χ0v) is 16.3. The Kier molecular flexibility index (Phi) is 4.84. The van der Waals surface area contributed by atoms with E-state index >= 15 is 0 Å². The molecule has 5 heteroatoms. The normalized spacial score (nSPS) is 29.9. The number of halogens is 1. The number of nitrogens with zero attached hydrogens (tertiary/aromatic N) is 1. The summed E-state index contributed by atoms with van der Waals surface area (Å²) in [5.41, 5.74) is 1.05. The first-order valence-corrected chi connectivity index (χ1v) is 11.1. The average molecular weight is 390 g/mol. The lowest BCUT2D eigenvalue weighted by Gasteiger charge is -2.51. The quantitative estimate of drug-likeness (QED) is 0.693. The van der Waals surface area contributed by atoms with Crippen molar-refractivity contribution in [1.29, 1.82) is 0 Å². The zero-order chi connectivity index (χ0) is 18.2. The Bertz CT molecular complexity index is 856. The summed E-state index contributed by atoms with van der Waals surface area (Å²) in [7, 11) is -3.56. The predicted molar refractivity (Wildman–Crippen MR) is 105 cm³/mol. The highest BCUT2D eigenvalue weighted by molar-refractivity contribution is 7.89. The lowest BCUT2D eigenvalue weighted by atomic mass is 9.69. The number of rotatable bonds is 3. The minimum Gasteiger partial charge on any atom is -0.207 e. The van der Waals surface area contributed by atoms with Crippen LogP contribution < -0.4 is 0 Å². The van der Waals surface area contributed by atoms with E-state index in [-0.39, 0.29) is 16.8 Å². The molecule has 1 saturated heterocycles. The van der Waals surface area contributed by atoms with Crippen LogP contribution in [-0.4, -0.2) is 24.1 Å². The van der Waals surface area contributed by atoms with E-state index < -0.39 is 10.0 Å². The molecule has 0 unspecified atom stereocenters. The summed E-state index contributed by atoms with van der Waals surface area (Å²) in [6, 6.07) is 18.6. The minimum atomic E-state index is -3.56. The molecule has 138 valence electrons. The van der Waals surface area contributed by atoms with E-state index in [1.807, 2.05) is 36.4 Å². The Morgan fingerprint density at radius 1 is 0.923 bits per heavy atom. The molecule has 3 nitrogen and oxygen atoms in total. The van der Waals surface area contributed by atoms with Crippen LogP contribution in [0.4, 0.5) is 0 Å². The molecule has 1 saturated carbocycles. The average Bonchev–Trinajstić information content (AvgIpc) is 2.68. The van der Waals surface area contributed by atoms with Crippen molar-refractivity contribution in [2.24, 2.45) is 5.92 Å². The highest BCUT2D eigenvalue weighted by Gasteiger charge is 2.51. The molecule has 0 bridgehead atoms. The molecular formula is C21H24ClNO2S. The van der Waals surface area contributed by atoms with Crippen LogP contribution in [0.2, 0.25) is 0 Å². The van der Waals surface area contributed by atoms with E-state index in [0.717, 1.165) is 31.2 Å². The molecule has 0 amide bonds. The first-order chi connectivity index (χ1) is 12.5.